The number of thiazole rings is 1. The first-order valence-electron chi connectivity index (χ1n) is 9.85. The molecule has 2 aromatic carbocycles. The Hall–Kier alpha value is -3.65. The Bertz CT molecular complexity index is 1210. The molecule has 0 fully saturated rings. The Morgan fingerprint density at radius 3 is 2.55 bits per heavy atom. The second-order valence-electron chi connectivity index (χ2n) is 7.17. The van der Waals surface area contributed by atoms with Crippen molar-refractivity contribution >= 4 is 28.2 Å². The molecule has 0 saturated carbocycles. The van der Waals surface area contributed by atoms with Crippen molar-refractivity contribution in [3.8, 4) is 11.3 Å². The average Bonchev–Trinajstić information content (AvgIpc) is 3.22. The quantitative estimate of drug-likeness (QED) is 0.508. The van der Waals surface area contributed by atoms with E-state index in [-0.39, 0.29) is 11.7 Å². The van der Waals surface area contributed by atoms with E-state index in [1.54, 1.807) is 12.1 Å². The molecule has 0 atom stereocenters. The Kier molecular flexibility index (Phi) is 5.13. The van der Waals surface area contributed by atoms with Gasteiger partial charge in [0.2, 0.25) is 0 Å². The van der Waals surface area contributed by atoms with Gasteiger partial charge in [0, 0.05) is 29.0 Å². The number of hydrogen-bond acceptors (Lipinski definition) is 6. The van der Waals surface area contributed by atoms with Crippen molar-refractivity contribution in [1.29, 1.82) is 0 Å². The van der Waals surface area contributed by atoms with Crippen molar-refractivity contribution in [1.82, 2.24) is 20.1 Å². The summed E-state index contributed by atoms with van der Waals surface area (Å²) in [7, 11) is 0. The maximum absolute atomic E-state index is 13.1. The Morgan fingerprint density at radius 1 is 1.00 bits per heavy atom. The first-order valence-corrected chi connectivity index (χ1v) is 10.7. The third kappa shape index (κ3) is 4.15. The molecular weight excluding hydrogens is 413 g/mol. The van der Waals surface area contributed by atoms with E-state index in [0.29, 0.717) is 30.2 Å². The summed E-state index contributed by atoms with van der Waals surface area (Å²) in [6.07, 6.45) is 0.723. The number of carbonyl (C=O) groups is 1. The standard InChI is InChI=1S/C23H18FN5OS/c24-17-8-6-15(7-9-17)18-10-11-21(28-27-18)26-23-25-19-12-13-29(14-20(19)31-23)22(30)16-4-2-1-3-5-16/h1-11H,12-14H2,(H,25,26,28). The van der Waals surface area contributed by atoms with E-state index in [1.165, 1.54) is 23.5 Å². The van der Waals surface area contributed by atoms with Crippen LogP contribution in [-0.2, 0) is 13.0 Å². The minimum absolute atomic E-state index is 0.0383. The minimum Gasteiger partial charge on any atom is -0.333 e. The van der Waals surface area contributed by atoms with Crippen molar-refractivity contribution in [2.45, 2.75) is 13.0 Å². The van der Waals surface area contributed by atoms with Crippen molar-refractivity contribution in [3.63, 3.8) is 0 Å². The number of carbonyl (C=O) groups excluding carboxylic acids is 1. The fraction of sp³-hybridized carbons (Fsp3) is 0.130. The van der Waals surface area contributed by atoms with Crippen LogP contribution < -0.4 is 5.32 Å². The Morgan fingerprint density at radius 2 is 1.81 bits per heavy atom. The smallest absolute Gasteiger partial charge is 0.254 e. The van der Waals surface area contributed by atoms with E-state index >= 15 is 0 Å². The van der Waals surface area contributed by atoms with Crippen LogP contribution in [0.2, 0.25) is 0 Å². The topological polar surface area (TPSA) is 71.0 Å². The molecule has 0 spiro atoms. The van der Waals surface area contributed by atoms with Crippen LogP contribution >= 0.6 is 11.3 Å². The number of rotatable bonds is 4. The van der Waals surface area contributed by atoms with Crippen LogP contribution in [0.3, 0.4) is 0 Å². The van der Waals surface area contributed by atoms with Gasteiger partial charge >= 0.3 is 0 Å². The molecule has 1 amide bonds. The lowest BCUT2D eigenvalue weighted by Gasteiger charge is -2.26. The zero-order valence-electron chi connectivity index (χ0n) is 16.5. The molecule has 8 heteroatoms. The van der Waals surface area contributed by atoms with E-state index in [2.05, 4.69) is 20.5 Å². The maximum atomic E-state index is 13.1. The third-order valence-electron chi connectivity index (χ3n) is 5.08. The highest BCUT2D eigenvalue weighted by Crippen LogP contribution is 2.30. The van der Waals surface area contributed by atoms with Crippen LogP contribution in [0.4, 0.5) is 15.3 Å². The third-order valence-corrected chi connectivity index (χ3v) is 6.08. The van der Waals surface area contributed by atoms with Crippen molar-refractivity contribution in [2.75, 3.05) is 11.9 Å². The largest absolute Gasteiger partial charge is 0.333 e. The lowest BCUT2D eigenvalue weighted by Crippen LogP contribution is -2.35. The molecule has 0 bridgehead atoms. The summed E-state index contributed by atoms with van der Waals surface area (Å²) in [6.45, 7) is 1.20. The highest BCUT2D eigenvalue weighted by atomic mass is 32.1. The zero-order valence-corrected chi connectivity index (χ0v) is 17.3. The summed E-state index contributed by atoms with van der Waals surface area (Å²) in [5.41, 5.74) is 3.18. The molecule has 1 N–H and O–H groups in total. The number of amides is 1. The van der Waals surface area contributed by atoms with Crippen molar-refractivity contribution < 1.29 is 9.18 Å². The van der Waals surface area contributed by atoms with E-state index in [1.807, 2.05) is 47.4 Å². The van der Waals surface area contributed by atoms with Gasteiger partial charge in [-0.1, -0.05) is 29.5 Å². The number of nitrogens with zero attached hydrogens (tertiary/aromatic N) is 4. The molecule has 0 aliphatic carbocycles. The van der Waals surface area contributed by atoms with Gasteiger partial charge in [0.05, 0.1) is 17.9 Å². The highest BCUT2D eigenvalue weighted by Gasteiger charge is 2.25. The van der Waals surface area contributed by atoms with Crippen LogP contribution in [0.5, 0.6) is 0 Å². The molecule has 154 valence electrons. The summed E-state index contributed by atoms with van der Waals surface area (Å²) in [5, 5.41) is 12.3. The Labute approximate surface area is 182 Å². The number of anilines is 2. The second kappa shape index (κ2) is 8.23. The van der Waals surface area contributed by atoms with Crippen LogP contribution in [0.1, 0.15) is 20.9 Å². The predicted molar refractivity (Wildman–Crippen MR) is 118 cm³/mol. The second-order valence-corrected chi connectivity index (χ2v) is 8.25. The molecule has 0 radical (unpaired) electrons. The maximum Gasteiger partial charge on any atom is 0.254 e. The normalized spacial score (nSPS) is 13.0. The number of hydrogen-bond donors (Lipinski definition) is 1. The molecule has 0 saturated heterocycles. The van der Waals surface area contributed by atoms with Crippen LogP contribution in [-0.4, -0.2) is 32.5 Å². The first-order chi connectivity index (χ1) is 15.2. The summed E-state index contributed by atoms with van der Waals surface area (Å²) in [5.74, 6) is 0.331. The van der Waals surface area contributed by atoms with Gasteiger partial charge in [0.1, 0.15) is 5.82 Å². The molecule has 1 aliphatic heterocycles. The molecule has 6 nitrogen and oxygen atoms in total. The molecular formula is C23H18FN5OS. The van der Waals surface area contributed by atoms with Gasteiger partial charge in [-0.25, -0.2) is 9.37 Å². The van der Waals surface area contributed by atoms with Gasteiger partial charge in [0.15, 0.2) is 10.9 Å². The molecule has 31 heavy (non-hydrogen) atoms. The fourth-order valence-electron chi connectivity index (χ4n) is 3.47. The monoisotopic (exact) mass is 431 g/mol. The van der Waals surface area contributed by atoms with E-state index in [9.17, 15) is 9.18 Å². The van der Waals surface area contributed by atoms with Crippen LogP contribution in [0.25, 0.3) is 11.3 Å². The fourth-order valence-corrected chi connectivity index (χ4v) is 4.50. The SMILES string of the molecule is O=C(c1ccccc1)N1CCc2nc(Nc3ccc(-c4ccc(F)cc4)nn3)sc2C1. The van der Waals surface area contributed by atoms with Gasteiger partial charge in [-0.2, -0.15) is 0 Å². The zero-order chi connectivity index (χ0) is 21.2. The number of nitrogens with one attached hydrogen (secondary N) is 1. The summed E-state index contributed by atoms with van der Waals surface area (Å²) in [6, 6.07) is 19.1. The van der Waals surface area contributed by atoms with Gasteiger partial charge in [0.25, 0.3) is 5.91 Å². The molecule has 5 rings (SSSR count). The predicted octanol–water partition coefficient (Wildman–Crippen LogP) is 4.68. The highest BCUT2D eigenvalue weighted by molar-refractivity contribution is 7.15. The van der Waals surface area contributed by atoms with Gasteiger partial charge in [-0.15, -0.1) is 10.2 Å². The first kappa shape index (κ1) is 19.3. The van der Waals surface area contributed by atoms with Gasteiger partial charge < -0.3 is 10.2 Å². The lowest BCUT2D eigenvalue weighted by molar-refractivity contribution is 0.0736. The summed E-state index contributed by atoms with van der Waals surface area (Å²) < 4.78 is 13.1. The van der Waals surface area contributed by atoms with E-state index in [4.69, 9.17) is 0 Å². The number of halogens is 1. The average molecular weight is 431 g/mol. The molecule has 0 unspecified atom stereocenters. The summed E-state index contributed by atoms with van der Waals surface area (Å²) >= 11 is 1.52. The number of benzene rings is 2. The number of fused-ring (bicyclic) bond motifs is 1. The van der Waals surface area contributed by atoms with Crippen LogP contribution in [0, 0.1) is 5.82 Å². The molecule has 3 heterocycles. The molecule has 1 aliphatic rings. The Balaban J connectivity index is 1.28. The minimum atomic E-state index is -0.285. The van der Waals surface area contributed by atoms with Gasteiger partial charge in [-0.05, 0) is 48.5 Å². The van der Waals surface area contributed by atoms with Crippen LogP contribution in [0.15, 0.2) is 66.7 Å². The molecule has 4 aromatic rings. The van der Waals surface area contributed by atoms with Gasteiger partial charge in [-0.3, -0.25) is 4.79 Å². The molecule has 2 aromatic heterocycles. The van der Waals surface area contributed by atoms with E-state index < -0.39 is 0 Å². The number of aromatic nitrogens is 3. The van der Waals surface area contributed by atoms with Crippen molar-refractivity contribution in [2.24, 2.45) is 0 Å². The lowest BCUT2D eigenvalue weighted by atomic mass is 10.1. The van der Waals surface area contributed by atoms with Crippen molar-refractivity contribution in [3.05, 3.63) is 88.7 Å². The summed E-state index contributed by atoms with van der Waals surface area (Å²) in [4.78, 5) is 20.3. The van der Waals surface area contributed by atoms with E-state index in [0.717, 1.165) is 27.7 Å².